The Morgan fingerprint density at radius 3 is 2.40 bits per heavy atom. The predicted octanol–water partition coefficient (Wildman–Crippen LogP) is 3.94. The van der Waals surface area contributed by atoms with Gasteiger partial charge in [0.25, 0.3) is 5.56 Å². The molecule has 0 spiro atoms. The number of anilines is 1. The fraction of sp³-hybridized carbons (Fsp3) is 0.263. The maximum absolute atomic E-state index is 12.2. The predicted molar refractivity (Wildman–Crippen MR) is 116 cm³/mol. The summed E-state index contributed by atoms with van der Waals surface area (Å²) in [6.07, 6.45) is 0. The Bertz CT molecular complexity index is 1090. The van der Waals surface area contributed by atoms with E-state index in [2.05, 4.69) is 27.2 Å². The second-order valence-corrected chi connectivity index (χ2v) is 7.88. The Kier molecular flexibility index (Phi) is 6.04. The highest BCUT2D eigenvalue weighted by molar-refractivity contribution is 6.37. The zero-order valence-electron chi connectivity index (χ0n) is 16.5. The number of aromatic amines is 1. The highest BCUT2D eigenvalue weighted by Gasteiger charge is 2.25. The van der Waals surface area contributed by atoms with E-state index in [1.54, 1.807) is 6.07 Å². The van der Waals surface area contributed by atoms with Gasteiger partial charge in [0.2, 0.25) is 5.88 Å². The van der Waals surface area contributed by atoms with E-state index in [4.69, 9.17) is 33.7 Å². The zero-order valence-corrected chi connectivity index (χ0v) is 18.0. The van der Waals surface area contributed by atoms with Gasteiger partial charge in [0.1, 0.15) is 0 Å². The molecule has 11 heteroatoms. The minimum atomic E-state index is -0.565. The summed E-state index contributed by atoms with van der Waals surface area (Å²) >= 11 is 12.7. The van der Waals surface area contributed by atoms with Crippen LogP contribution in [0.3, 0.4) is 0 Å². The lowest BCUT2D eigenvalue weighted by Gasteiger charge is -2.24. The quantitative estimate of drug-likeness (QED) is 0.635. The monoisotopic (exact) mass is 450 g/mol. The molecule has 1 atom stereocenters. The number of amidine groups is 1. The van der Waals surface area contributed by atoms with E-state index >= 15 is 0 Å². The molecule has 0 bridgehead atoms. The first-order valence-corrected chi connectivity index (χ1v) is 9.75. The van der Waals surface area contributed by atoms with Gasteiger partial charge < -0.3 is 15.8 Å². The Balaban J connectivity index is 1.94. The molecule has 0 fully saturated rings. The number of nitrogens with zero attached hydrogens (tertiary/aromatic N) is 3. The van der Waals surface area contributed by atoms with Crippen molar-refractivity contribution in [1.29, 1.82) is 0 Å². The number of rotatable bonds is 5. The van der Waals surface area contributed by atoms with Gasteiger partial charge >= 0.3 is 6.03 Å². The fourth-order valence-corrected chi connectivity index (χ4v) is 3.21. The maximum Gasteiger partial charge on any atom is 0.347 e. The van der Waals surface area contributed by atoms with Gasteiger partial charge in [-0.1, -0.05) is 50.6 Å². The van der Waals surface area contributed by atoms with E-state index in [0.717, 1.165) is 5.01 Å². The Morgan fingerprint density at radius 1 is 1.17 bits per heavy atom. The van der Waals surface area contributed by atoms with E-state index in [0.29, 0.717) is 5.56 Å². The molecule has 1 aliphatic rings. The number of benzene rings is 1. The van der Waals surface area contributed by atoms with Crippen LogP contribution >= 0.6 is 23.2 Å². The molecule has 1 aromatic heterocycles. The average molecular weight is 451 g/mol. The number of carbonyl (C=O) groups is 1. The second kappa shape index (κ2) is 8.37. The number of amides is 2. The molecule has 2 amide bonds. The lowest BCUT2D eigenvalue weighted by molar-refractivity contribution is 0.248. The SMILES string of the molecule is C=C1NC(=O)N(c2cc(Cl)c(Oc3cc([C@@H](C)C(C)C)c(=O)[nH]n3)c(Cl)c2)N=C1N. The van der Waals surface area contributed by atoms with Crippen LogP contribution in [0.5, 0.6) is 11.6 Å². The number of carbonyl (C=O) groups excluding carboxylic acids is 1. The van der Waals surface area contributed by atoms with Crippen LogP contribution in [-0.2, 0) is 0 Å². The number of nitrogens with two attached hydrogens (primary N) is 1. The maximum atomic E-state index is 12.2. The lowest BCUT2D eigenvalue weighted by Crippen LogP contribution is -2.45. The number of nitrogens with one attached hydrogen (secondary N) is 2. The largest absolute Gasteiger partial charge is 0.434 e. The summed E-state index contributed by atoms with van der Waals surface area (Å²) in [5.74, 6) is 0.522. The smallest absolute Gasteiger partial charge is 0.347 e. The van der Waals surface area contributed by atoms with Crippen molar-refractivity contribution < 1.29 is 9.53 Å². The number of aromatic nitrogens is 2. The molecule has 0 radical (unpaired) electrons. The standard InChI is InChI=1S/C19H20Cl2N6O3/c1-8(2)9(3)12-7-15(24-25-18(12)28)30-16-13(20)5-11(6-14(16)21)27-19(29)23-10(4)17(22)26-27/h5-9H,4H2,1-3H3,(H2,22,26)(H,23,29)(H,25,28)/t9-/m0/s1. The Morgan fingerprint density at radius 2 is 1.80 bits per heavy atom. The summed E-state index contributed by atoms with van der Waals surface area (Å²) in [5, 5.41) is 14.0. The van der Waals surface area contributed by atoms with E-state index < -0.39 is 6.03 Å². The van der Waals surface area contributed by atoms with E-state index in [9.17, 15) is 9.59 Å². The molecule has 4 N–H and O–H groups in total. The average Bonchev–Trinajstić information content (AvgIpc) is 2.68. The first kappa shape index (κ1) is 21.7. The van der Waals surface area contributed by atoms with Gasteiger partial charge in [-0.3, -0.25) is 4.79 Å². The van der Waals surface area contributed by atoms with Crippen molar-refractivity contribution >= 4 is 40.8 Å². The van der Waals surface area contributed by atoms with Crippen LogP contribution in [0.2, 0.25) is 10.0 Å². The number of hydrogen-bond donors (Lipinski definition) is 3. The first-order valence-electron chi connectivity index (χ1n) is 8.99. The highest BCUT2D eigenvalue weighted by atomic mass is 35.5. The third-order valence-electron chi connectivity index (χ3n) is 4.70. The Labute approximate surface area is 182 Å². The Hall–Kier alpha value is -3.04. The number of halogens is 2. The van der Waals surface area contributed by atoms with Crippen LogP contribution < -0.4 is 26.4 Å². The lowest BCUT2D eigenvalue weighted by atomic mass is 9.91. The number of urea groups is 1. The van der Waals surface area contributed by atoms with Crippen LogP contribution in [0.1, 0.15) is 32.3 Å². The van der Waals surface area contributed by atoms with E-state index in [1.165, 1.54) is 12.1 Å². The van der Waals surface area contributed by atoms with Crippen LogP contribution in [0.25, 0.3) is 0 Å². The zero-order chi connectivity index (χ0) is 22.2. The molecule has 0 saturated carbocycles. The molecular formula is C19H20Cl2N6O3. The van der Waals surface area contributed by atoms with Gasteiger partial charge in [-0.15, -0.1) is 10.2 Å². The number of hydrogen-bond acceptors (Lipinski definition) is 6. The summed E-state index contributed by atoms with van der Waals surface area (Å²) in [4.78, 5) is 24.3. The molecule has 158 valence electrons. The normalized spacial score (nSPS) is 15.1. The molecule has 2 aromatic rings. The molecule has 1 aromatic carbocycles. The summed E-state index contributed by atoms with van der Waals surface area (Å²) in [7, 11) is 0. The van der Waals surface area contributed by atoms with Crippen molar-refractivity contribution in [2.45, 2.75) is 26.7 Å². The highest BCUT2D eigenvalue weighted by Crippen LogP contribution is 2.40. The molecule has 3 rings (SSSR count). The van der Waals surface area contributed by atoms with Crippen LogP contribution in [0.4, 0.5) is 10.5 Å². The van der Waals surface area contributed by atoms with E-state index in [1.807, 2.05) is 20.8 Å². The van der Waals surface area contributed by atoms with Crippen molar-refractivity contribution in [3.05, 3.63) is 56.4 Å². The number of H-pyrrole nitrogens is 1. The van der Waals surface area contributed by atoms with Crippen LogP contribution in [0.15, 0.2) is 40.4 Å². The molecule has 0 saturated heterocycles. The molecule has 0 unspecified atom stereocenters. The molecule has 30 heavy (non-hydrogen) atoms. The third kappa shape index (κ3) is 4.27. The first-order chi connectivity index (χ1) is 14.1. The van der Waals surface area contributed by atoms with Crippen molar-refractivity contribution in [2.75, 3.05) is 5.01 Å². The molecular weight excluding hydrogens is 431 g/mol. The van der Waals surface area contributed by atoms with E-state index in [-0.39, 0.29) is 56.3 Å². The molecule has 2 heterocycles. The van der Waals surface area contributed by atoms with Gasteiger partial charge in [-0.05, 0) is 24.0 Å². The van der Waals surface area contributed by atoms with Crippen molar-refractivity contribution in [3.8, 4) is 11.6 Å². The van der Waals surface area contributed by atoms with Gasteiger partial charge in [0.15, 0.2) is 11.6 Å². The molecule has 1 aliphatic heterocycles. The van der Waals surface area contributed by atoms with Gasteiger partial charge in [-0.2, -0.15) is 5.01 Å². The topological polar surface area (TPSA) is 126 Å². The van der Waals surface area contributed by atoms with Crippen molar-refractivity contribution in [1.82, 2.24) is 15.5 Å². The van der Waals surface area contributed by atoms with Gasteiger partial charge in [-0.25, -0.2) is 9.89 Å². The third-order valence-corrected chi connectivity index (χ3v) is 5.26. The summed E-state index contributed by atoms with van der Waals surface area (Å²) in [6, 6.07) is 3.87. The van der Waals surface area contributed by atoms with Gasteiger partial charge in [0.05, 0.1) is 21.4 Å². The van der Waals surface area contributed by atoms with Crippen molar-refractivity contribution in [3.63, 3.8) is 0 Å². The summed E-state index contributed by atoms with van der Waals surface area (Å²) < 4.78 is 5.73. The minimum Gasteiger partial charge on any atom is -0.434 e. The summed E-state index contributed by atoms with van der Waals surface area (Å²) in [5.41, 5.74) is 6.43. The van der Waals surface area contributed by atoms with Crippen molar-refractivity contribution in [2.24, 2.45) is 16.8 Å². The molecule has 9 nitrogen and oxygen atoms in total. The summed E-state index contributed by atoms with van der Waals surface area (Å²) in [6.45, 7) is 9.56. The minimum absolute atomic E-state index is 0.0110. The van der Waals surface area contributed by atoms with Crippen LogP contribution in [0, 0.1) is 5.92 Å². The second-order valence-electron chi connectivity index (χ2n) is 7.07. The number of ether oxygens (including phenoxy) is 1. The number of hydrazone groups is 1. The molecule has 0 aliphatic carbocycles. The van der Waals surface area contributed by atoms with Crippen LogP contribution in [-0.4, -0.2) is 22.1 Å². The fourth-order valence-electron chi connectivity index (χ4n) is 2.66. The van der Waals surface area contributed by atoms with Gasteiger partial charge in [0, 0.05) is 11.6 Å².